The molecule has 0 radical (unpaired) electrons. The highest BCUT2D eigenvalue weighted by Crippen LogP contribution is 2.33. The number of rotatable bonds is 2. The van der Waals surface area contributed by atoms with Crippen molar-refractivity contribution in [1.29, 1.82) is 5.26 Å². The van der Waals surface area contributed by atoms with Crippen LogP contribution in [0.3, 0.4) is 0 Å². The second-order valence-electron chi connectivity index (χ2n) is 3.53. The van der Waals surface area contributed by atoms with Crippen LogP contribution in [0.1, 0.15) is 29.1 Å². The predicted molar refractivity (Wildman–Crippen MR) is 65.0 cm³/mol. The van der Waals surface area contributed by atoms with Crippen LogP contribution < -0.4 is 0 Å². The normalized spacial score (nSPS) is 10.6. The van der Waals surface area contributed by atoms with Crippen molar-refractivity contribution in [3.63, 3.8) is 0 Å². The molecular weight excluding hydrogens is 242 g/mol. The molecular formula is C11H9NO2S2. The number of nitrogens with zero attached hydrogens (tertiary/aromatic N) is 1. The fraction of sp³-hybridized carbons (Fsp3) is 0.273. The lowest BCUT2D eigenvalue weighted by atomic mass is 10.2. The molecule has 82 valence electrons. The molecule has 2 aromatic rings. The molecule has 0 atom stereocenters. The molecule has 5 heteroatoms. The molecule has 0 aliphatic carbocycles. The smallest absolute Gasteiger partial charge is 0.348 e. The number of carbonyl (C=O) groups excluding carboxylic acids is 1. The van der Waals surface area contributed by atoms with E-state index < -0.39 is 0 Å². The maximum absolute atomic E-state index is 11.6. The standard InChI is InChI=1S/C11H9NO2S2/c1-6(2)14-10(13)9-3-8-7(4-12)5-15-11(8)16-9/h3,5-6H,1-2H3. The first-order valence-corrected chi connectivity index (χ1v) is 6.43. The molecule has 0 fully saturated rings. The highest BCUT2D eigenvalue weighted by molar-refractivity contribution is 7.38. The van der Waals surface area contributed by atoms with Gasteiger partial charge in [-0.3, -0.25) is 0 Å². The minimum Gasteiger partial charge on any atom is -0.459 e. The topological polar surface area (TPSA) is 50.1 Å². The van der Waals surface area contributed by atoms with Gasteiger partial charge in [0.25, 0.3) is 0 Å². The molecule has 0 saturated heterocycles. The highest BCUT2D eigenvalue weighted by atomic mass is 32.2. The van der Waals surface area contributed by atoms with E-state index in [9.17, 15) is 4.79 Å². The molecule has 3 nitrogen and oxygen atoms in total. The summed E-state index contributed by atoms with van der Waals surface area (Å²) >= 11 is 2.86. The van der Waals surface area contributed by atoms with Crippen molar-refractivity contribution < 1.29 is 9.53 Å². The summed E-state index contributed by atoms with van der Waals surface area (Å²) in [5, 5.41) is 11.5. The van der Waals surface area contributed by atoms with E-state index in [2.05, 4.69) is 6.07 Å². The van der Waals surface area contributed by atoms with Gasteiger partial charge in [-0.25, -0.2) is 4.79 Å². The van der Waals surface area contributed by atoms with Gasteiger partial charge in [0.05, 0.1) is 15.7 Å². The predicted octanol–water partition coefficient (Wildman–Crippen LogP) is 3.40. The molecule has 0 aliphatic rings. The van der Waals surface area contributed by atoms with Gasteiger partial charge in [0.1, 0.15) is 10.9 Å². The van der Waals surface area contributed by atoms with Crippen LogP contribution >= 0.6 is 22.7 Å². The Labute approximate surface area is 101 Å². The average molecular weight is 251 g/mol. The van der Waals surface area contributed by atoms with Crippen LogP contribution in [0.2, 0.25) is 0 Å². The van der Waals surface area contributed by atoms with Crippen LogP contribution in [0.4, 0.5) is 0 Å². The molecule has 0 saturated carbocycles. The molecule has 0 amide bonds. The Balaban J connectivity index is 2.37. The Morgan fingerprint density at radius 3 is 2.94 bits per heavy atom. The lowest BCUT2D eigenvalue weighted by Crippen LogP contribution is -2.09. The number of esters is 1. The van der Waals surface area contributed by atoms with Gasteiger partial charge >= 0.3 is 5.97 Å². The van der Waals surface area contributed by atoms with E-state index in [0.717, 1.165) is 9.40 Å². The van der Waals surface area contributed by atoms with Crippen LogP contribution in [0.5, 0.6) is 0 Å². The van der Waals surface area contributed by atoms with E-state index >= 15 is 0 Å². The molecule has 2 aromatic heterocycles. The largest absolute Gasteiger partial charge is 0.459 e. The SMILES string of the molecule is CC(C)OC(=O)c1cc2c(C#N)csc2s1. The lowest BCUT2D eigenvalue weighted by Gasteiger charge is -2.05. The van der Waals surface area contributed by atoms with Crippen molar-refractivity contribution in [2.24, 2.45) is 0 Å². The number of carbonyl (C=O) groups is 1. The summed E-state index contributed by atoms with van der Waals surface area (Å²) in [6.07, 6.45) is -0.122. The van der Waals surface area contributed by atoms with Crippen molar-refractivity contribution >= 4 is 38.0 Å². The first-order chi connectivity index (χ1) is 7.61. The van der Waals surface area contributed by atoms with Gasteiger partial charge in [-0.1, -0.05) is 0 Å². The number of nitriles is 1. The van der Waals surface area contributed by atoms with E-state index in [4.69, 9.17) is 10.00 Å². The fourth-order valence-corrected chi connectivity index (χ4v) is 3.38. The number of fused-ring (bicyclic) bond motifs is 1. The van der Waals surface area contributed by atoms with Crippen LogP contribution in [0, 0.1) is 11.3 Å². The molecule has 0 aromatic carbocycles. The van der Waals surface area contributed by atoms with Crippen molar-refractivity contribution in [2.45, 2.75) is 20.0 Å². The van der Waals surface area contributed by atoms with Crippen LogP contribution in [0.15, 0.2) is 11.4 Å². The summed E-state index contributed by atoms with van der Waals surface area (Å²) < 4.78 is 6.09. The van der Waals surface area contributed by atoms with E-state index in [1.165, 1.54) is 22.7 Å². The molecule has 2 rings (SSSR count). The van der Waals surface area contributed by atoms with Gasteiger partial charge in [-0.05, 0) is 19.9 Å². The minimum atomic E-state index is -0.313. The van der Waals surface area contributed by atoms with E-state index in [0.29, 0.717) is 10.4 Å². The van der Waals surface area contributed by atoms with Crippen molar-refractivity contribution in [3.05, 3.63) is 21.9 Å². The summed E-state index contributed by atoms with van der Waals surface area (Å²) in [6, 6.07) is 3.84. The zero-order valence-electron chi connectivity index (χ0n) is 8.81. The first-order valence-electron chi connectivity index (χ1n) is 4.74. The Kier molecular flexibility index (Phi) is 2.95. The lowest BCUT2D eigenvalue weighted by molar-refractivity contribution is 0.0384. The fourth-order valence-electron chi connectivity index (χ4n) is 1.28. The Bertz CT molecular complexity index is 574. The molecule has 0 spiro atoms. The molecule has 0 unspecified atom stereocenters. The van der Waals surface area contributed by atoms with E-state index in [1.807, 2.05) is 13.8 Å². The summed E-state index contributed by atoms with van der Waals surface area (Å²) in [6.45, 7) is 3.63. The summed E-state index contributed by atoms with van der Waals surface area (Å²) in [5.41, 5.74) is 0.625. The van der Waals surface area contributed by atoms with Gasteiger partial charge in [0.15, 0.2) is 0 Å². The third kappa shape index (κ3) is 1.94. The maximum atomic E-state index is 11.6. The number of ether oxygens (including phenoxy) is 1. The van der Waals surface area contributed by atoms with Crippen LogP contribution in [-0.2, 0) is 4.74 Å². The van der Waals surface area contributed by atoms with Crippen LogP contribution in [0.25, 0.3) is 9.40 Å². The second kappa shape index (κ2) is 4.24. The summed E-state index contributed by atoms with van der Waals surface area (Å²) in [5.74, 6) is -0.313. The number of hydrogen-bond donors (Lipinski definition) is 0. The number of hydrogen-bond acceptors (Lipinski definition) is 5. The molecule has 0 bridgehead atoms. The third-order valence-corrected chi connectivity index (χ3v) is 4.17. The first kappa shape index (κ1) is 11.1. The highest BCUT2D eigenvalue weighted by Gasteiger charge is 2.15. The van der Waals surface area contributed by atoms with Crippen molar-refractivity contribution in [3.8, 4) is 6.07 Å². The number of thiophene rings is 2. The average Bonchev–Trinajstić information content (AvgIpc) is 2.74. The van der Waals surface area contributed by atoms with Crippen molar-refractivity contribution in [2.75, 3.05) is 0 Å². The van der Waals surface area contributed by atoms with E-state index in [1.54, 1.807) is 11.4 Å². The van der Waals surface area contributed by atoms with Crippen molar-refractivity contribution in [1.82, 2.24) is 0 Å². The monoisotopic (exact) mass is 251 g/mol. The van der Waals surface area contributed by atoms with Gasteiger partial charge in [0.2, 0.25) is 0 Å². The van der Waals surface area contributed by atoms with E-state index in [-0.39, 0.29) is 12.1 Å². The Morgan fingerprint density at radius 1 is 1.56 bits per heavy atom. The molecule has 2 heterocycles. The summed E-state index contributed by atoms with van der Waals surface area (Å²) in [4.78, 5) is 12.2. The third-order valence-electron chi connectivity index (χ3n) is 1.94. The molecule has 16 heavy (non-hydrogen) atoms. The van der Waals surface area contributed by atoms with Gasteiger partial charge in [-0.15, -0.1) is 22.7 Å². The van der Waals surface area contributed by atoms with Crippen LogP contribution in [-0.4, -0.2) is 12.1 Å². The Hall–Kier alpha value is -1.38. The van der Waals surface area contributed by atoms with Gasteiger partial charge in [-0.2, -0.15) is 5.26 Å². The zero-order chi connectivity index (χ0) is 11.7. The maximum Gasteiger partial charge on any atom is 0.348 e. The Morgan fingerprint density at radius 2 is 2.31 bits per heavy atom. The minimum absolute atomic E-state index is 0.122. The molecule has 0 N–H and O–H groups in total. The van der Waals surface area contributed by atoms with Gasteiger partial charge < -0.3 is 4.74 Å². The second-order valence-corrected chi connectivity index (χ2v) is 5.72. The quantitative estimate of drug-likeness (QED) is 0.769. The molecule has 0 aliphatic heterocycles. The zero-order valence-corrected chi connectivity index (χ0v) is 10.4. The van der Waals surface area contributed by atoms with Gasteiger partial charge in [0, 0.05) is 10.8 Å². The summed E-state index contributed by atoms with van der Waals surface area (Å²) in [7, 11) is 0.